The Morgan fingerprint density at radius 1 is 1.35 bits per heavy atom. The Labute approximate surface area is 122 Å². The molecule has 0 aliphatic heterocycles. The molecule has 1 aromatic carbocycles. The molecule has 0 saturated carbocycles. The highest BCUT2D eigenvalue weighted by Gasteiger charge is 2.25. The zero-order valence-corrected chi connectivity index (χ0v) is 12.8. The van der Waals surface area contributed by atoms with Crippen LogP contribution in [0.3, 0.4) is 0 Å². The van der Waals surface area contributed by atoms with Gasteiger partial charge < -0.3 is 10.1 Å². The maximum Gasteiger partial charge on any atom is 0.170 e. The van der Waals surface area contributed by atoms with E-state index in [9.17, 15) is 4.39 Å². The molecule has 4 nitrogen and oxygen atoms in total. The molecule has 0 aliphatic carbocycles. The first-order valence-corrected chi connectivity index (χ1v) is 7.19. The number of halogens is 1. The van der Waals surface area contributed by atoms with Gasteiger partial charge in [-0.1, -0.05) is 30.5 Å². The van der Waals surface area contributed by atoms with Crippen molar-refractivity contribution in [1.82, 2.24) is 14.9 Å². The van der Waals surface area contributed by atoms with Gasteiger partial charge in [0.25, 0.3) is 0 Å². The van der Waals surface area contributed by atoms with Crippen molar-refractivity contribution in [3.05, 3.63) is 40.2 Å². The largest absolute Gasteiger partial charge is 0.494 e. The lowest BCUT2D eigenvalue weighted by molar-refractivity contribution is 0.382. The lowest BCUT2D eigenvalue weighted by Gasteiger charge is -2.18. The van der Waals surface area contributed by atoms with E-state index in [2.05, 4.69) is 28.8 Å². The third kappa shape index (κ3) is 2.66. The van der Waals surface area contributed by atoms with Crippen molar-refractivity contribution in [2.75, 3.05) is 14.2 Å². The van der Waals surface area contributed by atoms with E-state index in [1.54, 1.807) is 25.2 Å². The summed E-state index contributed by atoms with van der Waals surface area (Å²) in [5.74, 6) is 0.136. The van der Waals surface area contributed by atoms with E-state index in [-0.39, 0.29) is 23.5 Å². The van der Waals surface area contributed by atoms with Gasteiger partial charge in [0.15, 0.2) is 11.6 Å². The highest BCUT2D eigenvalue weighted by molar-refractivity contribution is 7.05. The molecule has 6 heteroatoms. The van der Waals surface area contributed by atoms with Crippen LogP contribution in [0.15, 0.2) is 18.2 Å². The van der Waals surface area contributed by atoms with Crippen LogP contribution in [0.1, 0.15) is 41.9 Å². The fourth-order valence-corrected chi connectivity index (χ4v) is 3.08. The van der Waals surface area contributed by atoms with Crippen LogP contribution in [0.4, 0.5) is 4.39 Å². The van der Waals surface area contributed by atoms with Crippen LogP contribution < -0.4 is 10.1 Å². The molecule has 0 radical (unpaired) electrons. The van der Waals surface area contributed by atoms with Crippen LogP contribution in [0.25, 0.3) is 0 Å². The van der Waals surface area contributed by atoms with E-state index in [1.165, 1.54) is 18.6 Å². The molecule has 1 heterocycles. The van der Waals surface area contributed by atoms with Crippen molar-refractivity contribution >= 4 is 11.5 Å². The minimum atomic E-state index is -0.350. The molecule has 0 fully saturated rings. The number of benzene rings is 1. The summed E-state index contributed by atoms with van der Waals surface area (Å²) in [5.41, 5.74) is 1.44. The maximum absolute atomic E-state index is 14.4. The van der Waals surface area contributed by atoms with Gasteiger partial charge in [-0.15, -0.1) is 5.10 Å². The number of rotatable bonds is 5. The molecule has 1 aromatic heterocycles. The van der Waals surface area contributed by atoms with E-state index in [4.69, 9.17) is 4.74 Å². The lowest BCUT2D eigenvalue weighted by atomic mass is 9.99. The first-order valence-electron chi connectivity index (χ1n) is 6.42. The second-order valence-electron chi connectivity index (χ2n) is 4.76. The number of hydrogen-bond acceptors (Lipinski definition) is 5. The topological polar surface area (TPSA) is 47.0 Å². The minimum absolute atomic E-state index is 0.242. The fraction of sp³-hybridized carbons (Fsp3) is 0.429. The van der Waals surface area contributed by atoms with Gasteiger partial charge in [0.1, 0.15) is 0 Å². The first kappa shape index (κ1) is 14.9. The summed E-state index contributed by atoms with van der Waals surface area (Å²) in [7, 11) is 3.26. The highest BCUT2D eigenvalue weighted by atomic mass is 32.1. The summed E-state index contributed by atoms with van der Waals surface area (Å²) in [6.07, 6.45) is 0. The van der Waals surface area contributed by atoms with Crippen LogP contribution in [-0.2, 0) is 0 Å². The van der Waals surface area contributed by atoms with Crippen molar-refractivity contribution in [2.45, 2.75) is 25.8 Å². The van der Waals surface area contributed by atoms with Gasteiger partial charge in [-0.2, -0.15) is 0 Å². The van der Waals surface area contributed by atoms with Gasteiger partial charge in [0, 0.05) is 5.56 Å². The Bertz CT molecular complexity index is 586. The molecule has 0 aliphatic rings. The monoisotopic (exact) mass is 295 g/mol. The molecular weight excluding hydrogens is 277 g/mol. The average molecular weight is 295 g/mol. The number of hydrogen-bond donors (Lipinski definition) is 1. The molecule has 20 heavy (non-hydrogen) atoms. The molecule has 0 amide bonds. The van der Waals surface area contributed by atoms with E-state index in [0.717, 1.165) is 10.6 Å². The van der Waals surface area contributed by atoms with Gasteiger partial charge in [-0.05, 0) is 30.6 Å². The molecule has 0 bridgehead atoms. The van der Waals surface area contributed by atoms with Crippen molar-refractivity contribution in [3.8, 4) is 5.75 Å². The van der Waals surface area contributed by atoms with Crippen molar-refractivity contribution in [1.29, 1.82) is 0 Å². The molecule has 2 rings (SSSR count). The Morgan fingerprint density at radius 2 is 2.10 bits per heavy atom. The van der Waals surface area contributed by atoms with Gasteiger partial charge in [-0.3, -0.25) is 0 Å². The molecule has 1 N–H and O–H groups in total. The predicted molar refractivity (Wildman–Crippen MR) is 77.9 cm³/mol. The smallest absolute Gasteiger partial charge is 0.170 e. The summed E-state index contributed by atoms with van der Waals surface area (Å²) >= 11 is 1.30. The van der Waals surface area contributed by atoms with Gasteiger partial charge >= 0.3 is 0 Å². The van der Waals surface area contributed by atoms with Crippen LogP contribution in [0.5, 0.6) is 5.75 Å². The molecule has 108 valence electrons. The highest BCUT2D eigenvalue weighted by Crippen LogP contribution is 2.34. The summed E-state index contributed by atoms with van der Waals surface area (Å²) in [4.78, 5) is 0.939. The molecule has 0 saturated heterocycles. The molecule has 0 spiro atoms. The van der Waals surface area contributed by atoms with Crippen LogP contribution in [0, 0.1) is 5.82 Å². The summed E-state index contributed by atoms with van der Waals surface area (Å²) < 4.78 is 23.5. The minimum Gasteiger partial charge on any atom is -0.494 e. The van der Waals surface area contributed by atoms with Crippen LogP contribution >= 0.6 is 11.5 Å². The van der Waals surface area contributed by atoms with Gasteiger partial charge in [0.2, 0.25) is 0 Å². The normalized spacial score (nSPS) is 12.7. The lowest BCUT2D eigenvalue weighted by Crippen LogP contribution is -2.19. The van der Waals surface area contributed by atoms with Crippen molar-refractivity contribution in [2.24, 2.45) is 0 Å². The van der Waals surface area contributed by atoms with E-state index >= 15 is 0 Å². The van der Waals surface area contributed by atoms with E-state index < -0.39 is 0 Å². The Hall–Kier alpha value is -1.53. The summed E-state index contributed by atoms with van der Waals surface area (Å²) in [6.45, 7) is 4.10. The van der Waals surface area contributed by atoms with Gasteiger partial charge in [0.05, 0.1) is 23.7 Å². The van der Waals surface area contributed by atoms with E-state index in [1.807, 2.05) is 0 Å². The second kappa shape index (κ2) is 6.28. The number of ether oxygens (including phenoxy) is 1. The number of nitrogens with one attached hydrogen (secondary N) is 1. The van der Waals surface area contributed by atoms with Crippen LogP contribution in [0.2, 0.25) is 0 Å². The average Bonchev–Trinajstić information content (AvgIpc) is 2.91. The maximum atomic E-state index is 14.4. The SMILES string of the molecule is CNC(c1cccc(OC)c1F)c1snnc1C(C)C. The quantitative estimate of drug-likeness (QED) is 0.920. The first-order chi connectivity index (χ1) is 9.60. The molecule has 2 aromatic rings. The molecule has 1 unspecified atom stereocenters. The summed E-state index contributed by atoms with van der Waals surface area (Å²) in [5, 5.41) is 7.30. The molecule has 1 atom stereocenters. The number of methoxy groups -OCH3 is 1. The zero-order valence-electron chi connectivity index (χ0n) is 12.0. The number of nitrogens with zero attached hydrogens (tertiary/aromatic N) is 2. The summed E-state index contributed by atoms with van der Waals surface area (Å²) in [6, 6.07) is 4.87. The zero-order chi connectivity index (χ0) is 14.7. The Kier molecular flexibility index (Phi) is 4.67. The predicted octanol–water partition coefficient (Wildman–Crippen LogP) is 3.12. The molecular formula is C14H18FN3OS. The van der Waals surface area contributed by atoms with Crippen LogP contribution in [-0.4, -0.2) is 23.7 Å². The van der Waals surface area contributed by atoms with Gasteiger partial charge in [-0.25, -0.2) is 4.39 Å². The fourth-order valence-electron chi connectivity index (χ4n) is 2.14. The third-order valence-electron chi connectivity index (χ3n) is 3.16. The van der Waals surface area contributed by atoms with E-state index in [0.29, 0.717) is 5.56 Å². The van der Waals surface area contributed by atoms with Crippen molar-refractivity contribution < 1.29 is 9.13 Å². The third-order valence-corrected chi connectivity index (χ3v) is 3.97. The standard InChI is InChI=1S/C14H18FN3OS/c1-8(2)12-14(20-18-17-12)13(16-3)9-6-5-7-10(19-4)11(9)15/h5-8,13,16H,1-4H3. The number of aromatic nitrogens is 2. The Balaban J connectivity index is 2.50. The van der Waals surface area contributed by atoms with Crippen molar-refractivity contribution in [3.63, 3.8) is 0 Å². The Morgan fingerprint density at radius 3 is 2.70 bits per heavy atom. The second-order valence-corrected chi connectivity index (χ2v) is 5.55.